The van der Waals surface area contributed by atoms with Crippen LogP contribution in [-0.4, -0.2) is 42.5 Å². The number of imidazole rings is 1. The van der Waals surface area contributed by atoms with Crippen molar-refractivity contribution in [2.45, 2.75) is 39.3 Å². The molecule has 3 aromatic rings. The summed E-state index contributed by atoms with van der Waals surface area (Å²) in [6.45, 7) is 4.66. The molecule has 0 bridgehead atoms. The molecule has 31 heavy (non-hydrogen) atoms. The highest BCUT2D eigenvalue weighted by Crippen LogP contribution is 2.23. The van der Waals surface area contributed by atoms with Crippen LogP contribution in [0.25, 0.3) is 11.3 Å². The number of benzene rings is 1. The number of amidine groups is 1. The summed E-state index contributed by atoms with van der Waals surface area (Å²) >= 11 is 5.36. The van der Waals surface area contributed by atoms with Crippen LogP contribution in [0.15, 0.2) is 47.7 Å². The van der Waals surface area contributed by atoms with E-state index in [0.29, 0.717) is 23.5 Å². The minimum atomic E-state index is -0.263. The molecule has 0 saturated carbocycles. The van der Waals surface area contributed by atoms with Crippen molar-refractivity contribution in [1.29, 1.82) is 0 Å². The molecule has 3 heterocycles. The van der Waals surface area contributed by atoms with E-state index < -0.39 is 0 Å². The van der Waals surface area contributed by atoms with Gasteiger partial charge in [-0.25, -0.2) is 9.98 Å². The van der Waals surface area contributed by atoms with Crippen LogP contribution in [0.4, 0.5) is 0 Å². The first-order valence-electron chi connectivity index (χ1n) is 10.3. The Balaban J connectivity index is 1.46. The lowest BCUT2D eigenvalue weighted by Gasteiger charge is -2.24. The third-order valence-electron chi connectivity index (χ3n) is 5.33. The quantitative estimate of drug-likeness (QED) is 0.324. The largest absolute Gasteiger partial charge is 0.387 e. The molecule has 1 unspecified atom stereocenters. The maximum Gasteiger partial charge on any atom is 0.270 e. The van der Waals surface area contributed by atoms with Gasteiger partial charge in [-0.3, -0.25) is 9.89 Å². The van der Waals surface area contributed by atoms with Crippen LogP contribution in [0.2, 0.25) is 0 Å². The molecule has 1 aliphatic heterocycles. The van der Waals surface area contributed by atoms with E-state index in [4.69, 9.17) is 22.9 Å². The first-order valence-corrected chi connectivity index (χ1v) is 10.7. The molecule has 2 aromatic heterocycles. The number of nitrogens with two attached hydrogens (primary N) is 1. The van der Waals surface area contributed by atoms with Gasteiger partial charge in [0.2, 0.25) is 0 Å². The van der Waals surface area contributed by atoms with E-state index in [1.165, 1.54) is 6.20 Å². The molecular formula is C22H25N7OS. The van der Waals surface area contributed by atoms with Gasteiger partial charge in [0.25, 0.3) is 5.91 Å². The van der Waals surface area contributed by atoms with Crippen LogP contribution < -0.4 is 11.1 Å². The summed E-state index contributed by atoms with van der Waals surface area (Å²) in [5.74, 6) is 1.19. The van der Waals surface area contributed by atoms with Crippen molar-refractivity contribution in [2.75, 3.05) is 0 Å². The smallest absolute Gasteiger partial charge is 0.270 e. The summed E-state index contributed by atoms with van der Waals surface area (Å²) in [5, 5.41) is 9.80. The molecule has 160 valence electrons. The number of H-pyrrole nitrogens is 1. The van der Waals surface area contributed by atoms with Crippen LogP contribution in [0.3, 0.4) is 0 Å². The summed E-state index contributed by atoms with van der Waals surface area (Å²) in [7, 11) is 0. The number of hydrogen-bond acceptors (Lipinski definition) is 4. The Morgan fingerprint density at radius 2 is 2.13 bits per heavy atom. The second-order valence-corrected chi connectivity index (χ2v) is 8.31. The fraction of sp³-hybridized carbons (Fsp3) is 0.318. The van der Waals surface area contributed by atoms with Crippen molar-refractivity contribution in [3.05, 3.63) is 59.8 Å². The molecule has 0 fully saturated rings. The molecule has 0 radical (unpaired) electrons. The highest BCUT2D eigenvalue weighted by molar-refractivity contribution is 7.80. The average molecular weight is 436 g/mol. The number of aryl methyl sites for hydroxylation is 1. The molecule has 1 aromatic carbocycles. The third kappa shape index (κ3) is 4.56. The Hall–Kier alpha value is -3.33. The van der Waals surface area contributed by atoms with Gasteiger partial charge in [-0.1, -0.05) is 56.4 Å². The molecular weight excluding hydrogens is 410 g/mol. The molecule has 1 amide bonds. The first kappa shape index (κ1) is 20.9. The number of aromatic amines is 1. The average Bonchev–Trinajstić information content (AvgIpc) is 3.41. The lowest BCUT2D eigenvalue weighted by Crippen LogP contribution is -2.40. The van der Waals surface area contributed by atoms with E-state index in [0.717, 1.165) is 30.0 Å². The van der Waals surface area contributed by atoms with Crippen LogP contribution in [0.1, 0.15) is 42.1 Å². The van der Waals surface area contributed by atoms with Gasteiger partial charge in [-0.2, -0.15) is 5.10 Å². The summed E-state index contributed by atoms with van der Waals surface area (Å²) < 4.78 is 2.16. The number of fused-ring (bicyclic) bond motifs is 1. The van der Waals surface area contributed by atoms with Crippen LogP contribution in [-0.2, 0) is 13.0 Å². The number of nitrogens with one attached hydrogen (secondary N) is 2. The van der Waals surface area contributed by atoms with Gasteiger partial charge in [0, 0.05) is 36.7 Å². The second-order valence-electron chi connectivity index (χ2n) is 7.92. The SMILES string of the molecule is CC(C)C(N)=NC(=S)c1cn[nH]c1C(=O)NC1CCn2cc(-c3ccccc3)nc2C1. The Labute approximate surface area is 186 Å². The van der Waals surface area contributed by atoms with Gasteiger partial charge in [0.05, 0.1) is 17.5 Å². The predicted octanol–water partition coefficient (Wildman–Crippen LogP) is 2.71. The Morgan fingerprint density at radius 1 is 1.35 bits per heavy atom. The maximum absolute atomic E-state index is 12.9. The number of hydrogen-bond donors (Lipinski definition) is 3. The van der Waals surface area contributed by atoms with Crippen molar-refractivity contribution in [1.82, 2.24) is 25.1 Å². The number of amides is 1. The second kappa shape index (κ2) is 8.81. The Bertz CT molecular complexity index is 1130. The lowest BCUT2D eigenvalue weighted by molar-refractivity contribution is 0.0925. The molecule has 4 rings (SSSR count). The van der Waals surface area contributed by atoms with Crippen LogP contribution in [0.5, 0.6) is 0 Å². The summed E-state index contributed by atoms with van der Waals surface area (Å²) in [4.78, 5) is 22.2. The Kier molecular flexibility index (Phi) is 5.94. The van der Waals surface area contributed by atoms with Crippen LogP contribution in [0, 0.1) is 5.92 Å². The van der Waals surface area contributed by atoms with Crippen LogP contribution >= 0.6 is 12.2 Å². The maximum atomic E-state index is 12.9. The predicted molar refractivity (Wildman–Crippen MR) is 124 cm³/mol. The number of carbonyl (C=O) groups excluding carboxylic acids is 1. The summed E-state index contributed by atoms with van der Waals surface area (Å²) in [5.41, 5.74) is 8.71. The number of thiocarbonyl (C=S) groups is 1. The zero-order valence-corrected chi connectivity index (χ0v) is 18.3. The van der Waals surface area contributed by atoms with E-state index in [2.05, 4.69) is 31.3 Å². The minimum Gasteiger partial charge on any atom is -0.387 e. The number of aromatic nitrogens is 4. The van der Waals surface area contributed by atoms with E-state index >= 15 is 0 Å². The van der Waals surface area contributed by atoms with Gasteiger partial charge in [0.15, 0.2) is 0 Å². The number of aliphatic imine (C=N–C) groups is 1. The molecule has 1 aliphatic rings. The van der Waals surface area contributed by atoms with Gasteiger partial charge in [0.1, 0.15) is 22.3 Å². The molecule has 8 nitrogen and oxygen atoms in total. The highest BCUT2D eigenvalue weighted by Gasteiger charge is 2.25. The van der Waals surface area contributed by atoms with Crippen molar-refractivity contribution in [2.24, 2.45) is 16.6 Å². The first-order chi connectivity index (χ1) is 14.9. The van der Waals surface area contributed by atoms with Gasteiger partial charge in [-0.15, -0.1) is 0 Å². The zero-order chi connectivity index (χ0) is 22.0. The Morgan fingerprint density at radius 3 is 2.87 bits per heavy atom. The van der Waals surface area contributed by atoms with E-state index in [1.807, 2.05) is 44.2 Å². The molecule has 4 N–H and O–H groups in total. The highest BCUT2D eigenvalue weighted by atomic mass is 32.1. The van der Waals surface area contributed by atoms with Crippen molar-refractivity contribution in [3.63, 3.8) is 0 Å². The standard InChI is InChI=1S/C22H25N7OS/c1-13(2)20(23)27-22(31)16-11-24-28-19(16)21(30)25-15-8-9-29-12-17(26-18(29)10-15)14-6-4-3-5-7-14/h3-7,11-13,15H,8-10H2,1-2H3,(H,24,28)(H,25,30)(H2,23,27,31). The third-order valence-corrected chi connectivity index (χ3v) is 5.64. The molecule has 1 atom stereocenters. The minimum absolute atomic E-state index is 0.0278. The fourth-order valence-electron chi connectivity index (χ4n) is 3.48. The van der Waals surface area contributed by atoms with E-state index in [1.54, 1.807) is 0 Å². The molecule has 9 heteroatoms. The van der Waals surface area contributed by atoms with Crippen molar-refractivity contribution >= 4 is 28.9 Å². The lowest BCUT2D eigenvalue weighted by atomic mass is 10.1. The number of nitrogens with zero attached hydrogens (tertiary/aromatic N) is 4. The normalized spacial score (nSPS) is 16.2. The monoisotopic (exact) mass is 435 g/mol. The molecule has 0 aliphatic carbocycles. The number of rotatable bonds is 5. The number of carbonyl (C=O) groups is 1. The van der Waals surface area contributed by atoms with Gasteiger partial charge < -0.3 is 15.6 Å². The van der Waals surface area contributed by atoms with E-state index in [-0.39, 0.29) is 22.9 Å². The van der Waals surface area contributed by atoms with Gasteiger partial charge in [-0.05, 0) is 6.42 Å². The zero-order valence-electron chi connectivity index (χ0n) is 17.5. The summed E-state index contributed by atoms with van der Waals surface area (Å²) in [6, 6.07) is 10.1. The summed E-state index contributed by atoms with van der Waals surface area (Å²) in [6.07, 6.45) is 5.06. The molecule has 0 spiro atoms. The molecule has 0 saturated heterocycles. The van der Waals surface area contributed by atoms with E-state index in [9.17, 15) is 4.79 Å². The fourth-order valence-corrected chi connectivity index (χ4v) is 3.75. The van der Waals surface area contributed by atoms with Crippen molar-refractivity contribution < 1.29 is 4.79 Å². The topological polar surface area (TPSA) is 114 Å². The van der Waals surface area contributed by atoms with Crippen molar-refractivity contribution in [3.8, 4) is 11.3 Å². The van der Waals surface area contributed by atoms with Gasteiger partial charge >= 0.3 is 0 Å².